The Balaban J connectivity index is 1.38. The van der Waals surface area contributed by atoms with Crippen molar-refractivity contribution in [1.82, 2.24) is 9.62 Å². The van der Waals surface area contributed by atoms with Gasteiger partial charge in [0.2, 0.25) is 15.9 Å². The third-order valence-electron chi connectivity index (χ3n) is 7.20. The van der Waals surface area contributed by atoms with Crippen molar-refractivity contribution in [3.63, 3.8) is 0 Å². The molecule has 10 heteroatoms. The SMILES string of the molecule is Cc1ccc(S(=O)(=O)N(CC(=O)N2CC(C(=O)NCCc3ccccc3)Oc3ccccc32)Cc2ccccc2F)cc1. The topological polar surface area (TPSA) is 96.0 Å². The van der Waals surface area contributed by atoms with Crippen LogP contribution in [-0.2, 0) is 32.6 Å². The first-order valence-corrected chi connectivity index (χ1v) is 15.3. The Morgan fingerprint density at radius 2 is 1.60 bits per heavy atom. The summed E-state index contributed by atoms with van der Waals surface area (Å²) in [6.45, 7) is 1.15. The number of hydrogen-bond acceptors (Lipinski definition) is 5. The molecule has 0 spiro atoms. The summed E-state index contributed by atoms with van der Waals surface area (Å²) in [5, 5.41) is 2.87. The molecule has 0 aromatic heterocycles. The fourth-order valence-corrected chi connectivity index (χ4v) is 6.20. The van der Waals surface area contributed by atoms with E-state index in [9.17, 15) is 22.4 Å². The number of amides is 2. The number of carbonyl (C=O) groups is 2. The third kappa shape index (κ3) is 7.10. The van der Waals surface area contributed by atoms with E-state index in [0.29, 0.717) is 24.4 Å². The van der Waals surface area contributed by atoms with Crippen LogP contribution < -0.4 is 15.0 Å². The van der Waals surface area contributed by atoms with E-state index in [-0.39, 0.29) is 23.5 Å². The van der Waals surface area contributed by atoms with E-state index in [1.165, 1.54) is 35.2 Å². The van der Waals surface area contributed by atoms with E-state index >= 15 is 0 Å². The summed E-state index contributed by atoms with van der Waals surface area (Å²) >= 11 is 0. The van der Waals surface area contributed by atoms with Gasteiger partial charge in [-0.2, -0.15) is 4.31 Å². The zero-order valence-electron chi connectivity index (χ0n) is 23.6. The molecule has 0 bridgehead atoms. The number of hydrogen-bond donors (Lipinski definition) is 1. The molecule has 8 nitrogen and oxygen atoms in total. The first kappa shape index (κ1) is 29.9. The standard InChI is InChI=1S/C33H32FN3O5S/c1-24-15-17-27(18-16-24)43(40,41)36(21-26-11-5-6-12-28(26)34)23-32(38)37-22-31(42-30-14-8-7-13-29(30)37)33(39)35-20-19-25-9-3-2-4-10-25/h2-18,31H,19-23H2,1H3,(H,35,39). The molecule has 5 rings (SSSR count). The van der Waals surface area contributed by atoms with Gasteiger partial charge in [-0.1, -0.05) is 78.4 Å². The molecule has 1 aliphatic rings. The Bertz CT molecular complexity index is 1700. The number of ether oxygens (including phenoxy) is 1. The summed E-state index contributed by atoms with van der Waals surface area (Å²) in [6.07, 6.45) is -0.385. The minimum Gasteiger partial charge on any atom is -0.477 e. The highest BCUT2D eigenvalue weighted by atomic mass is 32.2. The number of benzene rings is 4. The van der Waals surface area contributed by atoms with Crippen LogP contribution >= 0.6 is 0 Å². The second-order valence-corrected chi connectivity index (χ2v) is 12.2. The molecule has 0 saturated carbocycles. The molecule has 222 valence electrons. The highest BCUT2D eigenvalue weighted by Crippen LogP contribution is 2.34. The lowest BCUT2D eigenvalue weighted by Gasteiger charge is -2.35. The molecule has 1 atom stereocenters. The number of aryl methyl sites for hydroxylation is 1. The molecule has 1 aliphatic heterocycles. The molecule has 1 N–H and O–H groups in total. The molecule has 4 aromatic rings. The average Bonchev–Trinajstić information content (AvgIpc) is 3.01. The first-order valence-electron chi connectivity index (χ1n) is 13.9. The highest BCUT2D eigenvalue weighted by molar-refractivity contribution is 7.89. The van der Waals surface area contributed by atoms with Crippen LogP contribution in [0, 0.1) is 12.7 Å². The number of fused-ring (bicyclic) bond motifs is 1. The fourth-order valence-electron chi connectivity index (χ4n) is 4.83. The Kier molecular flexibility index (Phi) is 9.18. The van der Waals surface area contributed by atoms with Crippen molar-refractivity contribution in [2.45, 2.75) is 30.9 Å². The molecule has 1 unspecified atom stereocenters. The van der Waals surface area contributed by atoms with Gasteiger partial charge in [-0.15, -0.1) is 0 Å². The molecule has 0 fully saturated rings. The lowest BCUT2D eigenvalue weighted by Crippen LogP contribution is -2.53. The van der Waals surface area contributed by atoms with Crippen molar-refractivity contribution in [2.24, 2.45) is 0 Å². The third-order valence-corrected chi connectivity index (χ3v) is 9.00. The maximum absolute atomic E-state index is 14.7. The van der Waals surface area contributed by atoms with Crippen LogP contribution in [0.5, 0.6) is 5.75 Å². The first-order chi connectivity index (χ1) is 20.7. The molecule has 0 radical (unpaired) electrons. The molecule has 43 heavy (non-hydrogen) atoms. The van der Waals surface area contributed by atoms with E-state index in [2.05, 4.69) is 5.32 Å². The van der Waals surface area contributed by atoms with Crippen molar-refractivity contribution in [1.29, 1.82) is 0 Å². The average molecular weight is 602 g/mol. The van der Waals surface area contributed by atoms with Gasteiger partial charge in [-0.05, 0) is 49.2 Å². The summed E-state index contributed by atoms with van der Waals surface area (Å²) in [5.41, 5.74) is 2.48. The van der Waals surface area contributed by atoms with Crippen LogP contribution in [0.25, 0.3) is 0 Å². The van der Waals surface area contributed by atoms with Crippen LogP contribution in [-0.4, -0.2) is 50.3 Å². The largest absolute Gasteiger partial charge is 0.477 e. The molecule has 2 amide bonds. The molecular formula is C33H32FN3O5S. The number of nitrogens with one attached hydrogen (secondary N) is 1. The summed E-state index contributed by atoms with van der Waals surface area (Å²) in [7, 11) is -4.20. The van der Waals surface area contributed by atoms with Gasteiger partial charge in [0, 0.05) is 18.7 Å². The predicted octanol–water partition coefficient (Wildman–Crippen LogP) is 4.48. The van der Waals surface area contributed by atoms with E-state index in [1.54, 1.807) is 42.5 Å². The van der Waals surface area contributed by atoms with Crippen molar-refractivity contribution in [3.05, 3.63) is 126 Å². The van der Waals surface area contributed by atoms with Crippen molar-refractivity contribution >= 4 is 27.5 Å². The smallest absolute Gasteiger partial charge is 0.262 e. The van der Waals surface area contributed by atoms with Gasteiger partial charge in [0.25, 0.3) is 5.91 Å². The Morgan fingerprint density at radius 3 is 2.35 bits per heavy atom. The van der Waals surface area contributed by atoms with Crippen molar-refractivity contribution in [2.75, 3.05) is 24.5 Å². The number of para-hydroxylation sites is 2. The Morgan fingerprint density at radius 1 is 0.930 bits per heavy atom. The summed E-state index contributed by atoms with van der Waals surface area (Å²) in [4.78, 5) is 28.3. The zero-order chi connectivity index (χ0) is 30.4. The summed E-state index contributed by atoms with van der Waals surface area (Å²) in [5.74, 6) is -1.22. The quantitative estimate of drug-likeness (QED) is 0.289. The van der Waals surface area contributed by atoms with Crippen LogP contribution in [0.15, 0.2) is 108 Å². The summed E-state index contributed by atoms with van der Waals surface area (Å²) in [6, 6.07) is 28.6. The van der Waals surface area contributed by atoms with E-state index < -0.39 is 40.3 Å². The Hall–Kier alpha value is -4.54. The number of sulfonamides is 1. The van der Waals surface area contributed by atoms with Gasteiger partial charge >= 0.3 is 0 Å². The molecule has 0 aliphatic carbocycles. The lowest BCUT2D eigenvalue weighted by molar-refractivity contribution is -0.128. The van der Waals surface area contributed by atoms with E-state index in [0.717, 1.165) is 15.4 Å². The predicted molar refractivity (Wildman–Crippen MR) is 162 cm³/mol. The van der Waals surface area contributed by atoms with Gasteiger partial charge < -0.3 is 15.0 Å². The van der Waals surface area contributed by atoms with Gasteiger partial charge in [0.15, 0.2) is 6.10 Å². The highest BCUT2D eigenvalue weighted by Gasteiger charge is 2.36. The number of halogens is 1. The Labute approximate surface area is 250 Å². The van der Waals surface area contributed by atoms with Crippen LogP contribution in [0.4, 0.5) is 10.1 Å². The number of nitrogens with zero attached hydrogens (tertiary/aromatic N) is 2. The lowest BCUT2D eigenvalue weighted by atomic mass is 10.1. The van der Waals surface area contributed by atoms with Crippen LogP contribution in [0.3, 0.4) is 0 Å². The van der Waals surface area contributed by atoms with E-state index in [4.69, 9.17) is 4.74 Å². The van der Waals surface area contributed by atoms with Gasteiger partial charge in [0.05, 0.1) is 23.7 Å². The second kappa shape index (κ2) is 13.2. The number of anilines is 1. The van der Waals surface area contributed by atoms with E-state index in [1.807, 2.05) is 37.3 Å². The van der Waals surface area contributed by atoms with Crippen molar-refractivity contribution in [3.8, 4) is 5.75 Å². The van der Waals surface area contributed by atoms with Crippen LogP contribution in [0.1, 0.15) is 16.7 Å². The number of rotatable bonds is 10. The fraction of sp³-hybridized carbons (Fsp3) is 0.212. The minimum absolute atomic E-state index is 0.0136. The monoisotopic (exact) mass is 601 g/mol. The summed E-state index contributed by atoms with van der Waals surface area (Å²) < 4.78 is 49.1. The second-order valence-electron chi connectivity index (χ2n) is 10.3. The normalized spacial score (nSPS) is 14.6. The molecular weight excluding hydrogens is 569 g/mol. The van der Waals surface area contributed by atoms with Crippen LogP contribution in [0.2, 0.25) is 0 Å². The maximum Gasteiger partial charge on any atom is 0.262 e. The van der Waals surface area contributed by atoms with Gasteiger partial charge in [-0.25, -0.2) is 12.8 Å². The number of carbonyl (C=O) groups excluding carboxylic acids is 2. The minimum atomic E-state index is -4.20. The van der Waals surface area contributed by atoms with Gasteiger partial charge in [0.1, 0.15) is 11.6 Å². The molecule has 4 aromatic carbocycles. The maximum atomic E-state index is 14.7. The van der Waals surface area contributed by atoms with Gasteiger partial charge in [-0.3, -0.25) is 9.59 Å². The molecule has 0 saturated heterocycles. The molecule has 1 heterocycles. The van der Waals surface area contributed by atoms with Crippen molar-refractivity contribution < 1.29 is 27.1 Å². The zero-order valence-corrected chi connectivity index (χ0v) is 24.5.